The Hall–Kier alpha value is -1.40. The topological polar surface area (TPSA) is 58.6 Å². The maximum absolute atomic E-state index is 12.6. The van der Waals surface area contributed by atoms with Crippen LogP contribution >= 0.6 is 11.3 Å². The van der Waals surface area contributed by atoms with Gasteiger partial charge < -0.3 is 15.0 Å². The lowest BCUT2D eigenvalue weighted by Crippen LogP contribution is -2.50. The van der Waals surface area contributed by atoms with Gasteiger partial charge in [-0.25, -0.2) is 0 Å². The molecular weight excluding hydrogens is 360 g/mol. The first-order valence-electron chi connectivity index (χ1n) is 10.3. The van der Waals surface area contributed by atoms with Crippen molar-refractivity contribution < 1.29 is 14.3 Å². The van der Waals surface area contributed by atoms with E-state index in [1.807, 2.05) is 4.90 Å². The summed E-state index contributed by atoms with van der Waals surface area (Å²) in [6.45, 7) is 7.12. The van der Waals surface area contributed by atoms with E-state index in [1.165, 1.54) is 16.9 Å². The number of likely N-dealkylation sites (tertiary alicyclic amines) is 1. The Morgan fingerprint density at radius 2 is 2.07 bits per heavy atom. The molecule has 0 bridgehead atoms. The second kappa shape index (κ2) is 7.55. The van der Waals surface area contributed by atoms with Crippen LogP contribution in [0.4, 0.5) is 0 Å². The molecule has 5 nitrogen and oxygen atoms in total. The van der Waals surface area contributed by atoms with E-state index in [1.54, 1.807) is 11.3 Å². The van der Waals surface area contributed by atoms with Crippen molar-refractivity contribution in [1.29, 1.82) is 0 Å². The van der Waals surface area contributed by atoms with Crippen LogP contribution in [0.1, 0.15) is 66.1 Å². The Morgan fingerprint density at radius 3 is 2.70 bits per heavy atom. The first-order chi connectivity index (χ1) is 13.0. The quantitative estimate of drug-likeness (QED) is 0.858. The van der Waals surface area contributed by atoms with Gasteiger partial charge in [-0.05, 0) is 43.2 Å². The molecule has 6 heteroatoms. The number of carbonyl (C=O) groups excluding carboxylic acids is 2. The monoisotopic (exact) mass is 390 g/mol. The minimum Gasteiger partial charge on any atom is -0.370 e. The van der Waals surface area contributed by atoms with E-state index < -0.39 is 0 Å². The fourth-order valence-corrected chi connectivity index (χ4v) is 5.48. The van der Waals surface area contributed by atoms with Gasteiger partial charge in [0.1, 0.15) is 0 Å². The van der Waals surface area contributed by atoms with Gasteiger partial charge >= 0.3 is 0 Å². The Bertz CT molecular complexity index is 715. The Morgan fingerprint density at radius 1 is 1.33 bits per heavy atom. The molecule has 2 aliphatic heterocycles. The lowest BCUT2D eigenvalue weighted by atomic mass is 9.80. The van der Waals surface area contributed by atoms with E-state index in [4.69, 9.17) is 4.74 Å². The zero-order valence-corrected chi connectivity index (χ0v) is 17.2. The normalized spacial score (nSPS) is 21.8. The van der Waals surface area contributed by atoms with Gasteiger partial charge in [0, 0.05) is 36.9 Å². The van der Waals surface area contributed by atoms with Crippen LogP contribution in [0.2, 0.25) is 0 Å². The van der Waals surface area contributed by atoms with Crippen LogP contribution in [-0.4, -0.2) is 43.0 Å². The van der Waals surface area contributed by atoms with Gasteiger partial charge in [0.15, 0.2) is 0 Å². The number of thiophene rings is 1. The molecule has 1 saturated heterocycles. The number of ether oxygens (including phenoxy) is 1. The van der Waals surface area contributed by atoms with Crippen molar-refractivity contribution in [2.24, 2.45) is 11.8 Å². The van der Waals surface area contributed by atoms with Gasteiger partial charge in [-0.15, -0.1) is 11.3 Å². The van der Waals surface area contributed by atoms with Crippen molar-refractivity contribution in [1.82, 2.24) is 10.2 Å². The minimum atomic E-state index is -0.308. The summed E-state index contributed by atoms with van der Waals surface area (Å²) in [6, 6.07) is 2.05. The average Bonchev–Trinajstić information content (AvgIpc) is 3.05. The summed E-state index contributed by atoms with van der Waals surface area (Å²) in [4.78, 5) is 29.2. The Balaban J connectivity index is 1.47. The molecular formula is C21H30N2O3S. The molecule has 4 rings (SSSR count). The fourth-order valence-electron chi connectivity index (χ4n) is 4.33. The Labute approximate surface area is 165 Å². The molecule has 1 aliphatic carbocycles. The summed E-state index contributed by atoms with van der Waals surface area (Å²) >= 11 is 1.61. The van der Waals surface area contributed by atoms with Crippen molar-refractivity contribution in [2.45, 2.75) is 58.0 Å². The van der Waals surface area contributed by atoms with Crippen molar-refractivity contribution >= 4 is 23.2 Å². The molecule has 1 aromatic heterocycles. The van der Waals surface area contributed by atoms with Crippen molar-refractivity contribution in [2.75, 3.05) is 26.2 Å². The molecule has 27 heavy (non-hydrogen) atoms. The number of amides is 2. The third kappa shape index (κ3) is 3.66. The molecule has 3 heterocycles. The molecule has 1 saturated carbocycles. The first-order valence-corrected chi connectivity index (χ1v) is 11.1. The number of nitrogens with zero attached hydrogens (tertiary/aromatic N) is 1. The molecule has 0 unspecified atom stereocenters. The first kappa shape index (κ1) is 18.9. The maximum Gasteiger partial charge on any atom is 0.261 e. The highest BCUT2D eigenvalue weighted by molar-refractivity contribution is 7.14. The zero-order chi connectivity index (χ0) is 19.0. The van der Waals surface area contributed by atoms with Crippen LogP contribution in [0, 0.1) is 11.8 Å². The number of piperidine rings is 1. The van der Waals surface area contributed by atoms with Crippen LogP contribution in [0.5, 0.6) is 0 Å². The SMILES string of the molecule is CC(C)CNC(=O)c1cc2c(s1)CCOC21CCN(C(=O)C2CCC2)CC1. The van der Waals surface area contributed by atoms with Crippen LogP contribution in [0.3, 0.4) is 0 Å². The lowest BCUT2D eigenvalue weighted by molar-refractivity contribution is -0.147. The molecule has 0 atom stereocenters. The van der Waals surface area contributed by atoms with Gasteiger partial charge in [0.05, 0.1) is 17.1 Å². The largest absolute Gasteiger partial charge is 0.370 e. The van der Waals surface area contributed by atoms with Crippen LogP contribution in [0.25, 0.3) is 0 Å². The highest BCUT2D eigenvalue weighted by Gasteiger charge is 2.44. The standard InChI is InChI=1S/C21H30N2O3S/c1-14(2)13-22-19(24)18-12-16-17(27-18)6-11-26-21(16)7-9-23(10-8-21)20(25)15-4-3-5-15/h12,14-15H,3-11,13H2,1-2H3,(H,22,24). The van der Waals surface area contributed by atoms with E-state index in [9.17, 15) is 9.59 Å². The molecule has 0 radical (unpaired) electrons. The van der Waals surface area contributed by atoms with Crippen LogP contribution < -0.4 is 5.32 Å². The molecule has 3 aliphatic rings. The van der Waals surface area contributed by atoms with Crippen molar-refractivity contribution in [3.8, 4) is 0 Å². The number of hydrogen-bond acceptors (Lipinski definition) is 4. The van der Waals surface area contributed by atoms with E-state index in [2.05, 4.69) is 25.2 Å². The third-order valence-corrected chi connectivity index (χ3v) is 7.43. The number of rotatable bonds is 4. The minimum absolute atomic E-state index is 0.0239. The van der Waals surface area contributed by atoms with Crippen molar-refractivity contribution in [3.05, 3.63) is 21.4 Å². The summed E-state index contributed by atoms with van der Waals surface area (Å²) in [6.07, 6.45) is 5.85. The molecule has 1 aromatic rings. The molecule has 1 N–H and O–H groups in total. The van der Waals surface area contributed by atoms with E-state index in [-0.39, 0.29) is 17.4 Å². The number of carbonyl (C=O) groups is 2. The van der Waals surface area contributed by atoms with Gasteiger partial charge in [-0.2, -0.15) is 0 Å². The van der Waals surface area contributed by atoms with E-state index >= 15 is 0 Å². The summed E-state index contributed by atoms with van der Waals surface area (Å²) in [5, 5.41) is 3.02. The number of nitrogens with one attached hydrogen (secondary N) is 1. The summed E-state index contributed by atoms with van der Waals surface area (Å²) in [5.74, 6) is 1.07. The van der Waals surface area contributed by atoms with Crippen LogP contribution in [-0.2, 0) is 21.6 Å². The van der Waals surface area contributed by atoms with Gasteiger partial charge in [0.25, 0.3) is 5.91 Å². The van der Waals surface area contributed by atoms with E-state index in [0.717, 1.165) is 50.1 Å². The van der Waals surface area contributed by atoms with Gasteiger partial charge in [0.2, 0.25) is 5.91 Å². The highest BCUT2D eigenvalue weighted by Crippen LogP contribution is 2.45. The van der Waals surface area contributed by atoms with Crippen molar-refractivity contribution in [3.63, 3.8) is 0 Å². The predicted octanol–water partition coefficient (Wildman–Crippen LogP) is 3.32. The number of fused-ring (bicyclic) bond motifs is 2. The molecule has 0 aromatic carbocycles. The second-order valence-electron chi connectivity index (χ2n) is 8.60. The maximum atomic E-state index is 12.6. The highest BCUT2D eigenvalue weighted by atomic mass is 32.1. The summed E-state index contributed by atoms with van der Waals surface area (Å²) in [7, 11) is 0. The van der Waals surface area contributed by atoms with Gasteiger partial charge in [-0.1, -0.05) is 20.3 Å². The number of hydrogen-bond donors (Lipinski definition) is 1. The predicted molar refractivity (Wildman–Crippen MR) is 106 cm³/mol. The fraction of sp³-hybridized carbons (Fsp3) is 0.714. The molecule has 1 spiro atoms. The molecule has 2 fully saturated rings. The zero-order valence-electron chi connectivity index (χ0n) is 16.4. The summed E-state index contributed by atoms with van der Waals surface area (Å²) in [5.41, 5.74) is 0.890. The van der Waals surface area contributed by atoms with Gasteiger partial charge in [-0.3, -0.25) is 9.59 Å². The molecule has 148 valence electrons. The third-order valence-electron chi connectivity index (χ3n) is 6.24. The lowest BCUT2D eigenvalue weighted by Gasteiger charge is -2.45. The summed E-state index contributed by atoms with van der Waals surface area (Å²) < 4.78 is 6.29. The molecule has 2 amide bonds. The van der Waals surface area contributed by atoms with Crippen LogP contribution in [0.15, 0.2) is 6.07 Å². The smallest absolute Gasteiger partial charge is 0.261 e. The van der Waals surface area contributed by atoms with E-state index in [0.29, 0.717) is 25.0 Å². The Kier molecular flexibility index (Phi) is 5.30. The average molecular weight is 391 g/mol. The second-order valence-corrected chi connectivity index (χ2v) is 9.73.